The molecule has 0 radical (unpaired) electrons. The van der Waals surface area contributed by atoms with Gasteiger partial charge in [-0.05, 0) is 62.2 Å². The fourth-order valence-corrected chi connectivity index (χ4v) is 8.31. The molecular formula is C46H32N2. The summed E-state index contributed by atoms with van der Waals surface area (Å²) >= 11 is 0. The largest absolute Gasteiger partial charge is 0.293 e. The van der Waals surface area contributed by atoms with Gasteiger partial charge in [-0.3, -0.25) is 4.57 Å². The summed E-state index contributed by atoms with van der Waals surface area (Å²) in [4.78, 5) is 5.48. The summed E-state index contributed by atoms with van der Waals surface area (Å²) in [6.45, 7) is 4.74. The molecule has 2 heterocycles. The van der Waals surface area contributed by atoms with Crippen molar-refractivity contribution in [3.8, 4) is 39.3 Å². The van der Waals surface area contributed by atoms with Crippen molar-refractivity contribution >= 4 is 43.4 Å². The van der Waals surface area contributed by atoms with Gasteiger partial charge in [-0.15, -0.1) is 0 Å². The van der Waals surface area contributed by atoms with Crippen LogP contribution < -0.4 is 0 Å². The Hall–Kier alpha value is -5.99. The standard InChI is InChI=1S/C46H32N2/c1-46(2)37-22-12-11-21-35(37)44-42-32(19-13-23-38(42)46)27-40-43(44)36-25-24-30-16-9-10-20-34(30)45(36)48(40)41-28-33(29-14-5-3-6-15-29)26-39(47-41)31-17-7-4-8-18-31/h3-28H,1-2H3. The first-order chi connectivity index (χ1) is 23.6. The van der Waals surface area contributed by atoms with Crippen LogP contribution in [-0.4, -0.2) is 9.55 Å². The lowest BCUT2D eigenvalue weighted by molar-refractivity contribution is 0.645. The van der Waals surface area contributed by atoms with Gasteiger partial charge in [0.05, 0.1) is 16.7 Å². The molecule has 0 unspecified atom stereocenters. The maximum absolute atomic E-state index is 5.48. The minimum absolute atomic E-state index is 0.113. The van der Waals surface area contributed by atoms with Crippen molar-refractivity contribution < 1.29 is 0 Å². The van der Waals surface area contributed by atoms with Gasteiger partial charge in [-0.25, -0.2) is 4.98 Å². The Morgan fingerprint density at radius 3 is 2.02 bits per heavy atom. The molecule has 1 aliphatic carbocycles. The monoisotopic (exact) mass is 612 g/mol. The molecule has 1 aliphatic rings. The van der Waals surface area contributed by atoms with Gasteiger partial charge >= 0.3 is 0 Å². The van der Waals surface area contributed by atoms with Crippen molar-refractivity contribution in [1.29, 1.82) is 0 Å². The van der Waals surface area contributed by atoms with Gasteiger partial charge in [0.15, 0.2) is 0 Å². The van der Waals surface area contributed by atoms with Crippen molar-refractivity contribution in [2.75, 3.05) is 0 Å². The van der Waals surface area contributed by atoms with Crippen LogP contribution in [0.5, 0.6) is 0 Å². The highest BCUT2D eigenvalue weighted by Gasteiger charge is 2.35. The summed E-state index contributed by atoms with van der Waals surface area (Å²) in [5.41, 5.74) is 12.0. The molecule has 0 bridgehead atoms. The third-order valence-electron chi connectivity index (χ3n) is 10.5. The summed E-state index contributed by atoms with van der Waals surface area (Å²) in [7, 11) is 0. The summed E-state index contributed by atoms with van der Waals surface area (Å²) in [5.74, 6) is 0.915. The van der Waals surface area contributed by atoms with E-state index in [0.29, 0.717) is 0 Å². The zero-order valence-electron chi connectivity index (χ0n) is 26.9. The maximum Gasteiger partial charge on any atom is 0.138 e. The van der Waals surface area contributed by atoms with Crippen molar-refractivity contribution in [3.05, 3.63) is 169 Å². The average Bonchev–Trinajstić information content (AvgIpc) is 3.48. The van der Waals surface area contributed by atoms with Crippen molar-refractivity contribution in [2.45, 2.75) is 19.3 Å². The Morgan fingerprint density at radius 1 is 0.500 bits per heavy atom. The number of hydrogen-bond acceptors (Lipinski definition) is 1. The lowest BCUT2D eigenvalue weighted by Gasteiger charge is -2.35. The number of pyridine rings is 1. The Bertz CT molecular complexity index is 2680. The second-order valence-electron chi connectivity index (χ2n) is 13.6. The molecule has 0 spiro atoms. The zero-order chi connectivity index (χ0) is 32.0. The number of benzene rings is 7. The molecule has 0 saturated carbocycles. The fraction of sp³-hybridized carbons (Fsp3) is 0.0652. The third kappa shape index (κ3) is 3.77. The predicted octanol–water partition coefficient (Wildman–Crippen LogP) is 12.1. The number of hydrogen-bond donors (Lipinski definition) is 0. The fourth-order valence-electron chi connectivity index (χ4n) is 8.31. The second kappa shape index (κ2) is 10.0. The first-order valence-electron chi connectivity index (χ1n) is 16.7. The highest BCUT2D eigenvalue weighted by atomic mass is 15.1. The normalized spacial score (nSPS) is 13.4. The van der Waals surface area contributed by atoms with E-state index in [2.05, 4.69) is 176 Å². The van der Waals surface area contributed by atoms with Gasteiger partial charge in [-0.2, -0.15) is 0 Å². The quantitative estimate of drug-likeness (QED) is 0.194. The van der Waals surface area contributed by atoms with Gasteiger partial charge in [0.25, 0.3) is 0 Å². The second-order valence-corrected chi connectivity index (χ2v) is 13.6. The van der Waals surface area contributed by atoms with E-state index in [4.69, 9.17) is 4.98 Å². The van der Waals surface area contributed by atoms with Crippen LogP contribution >= 0.6 is 0 Å². The van der Waals surface area contributed by atoms with Gasteiger partial charge < -0.3 is 0 Å². The lowest BCUT2D eigenvalue weighted by Crippen LogP contribution is -2.23. The highest BCUT2D eigenvalue weighted by Crippen LogP contribution is 2.53. The molecular weight excluding hydrogens is 581 g/mol. The summed E-state index contributed by atoms with van der Waals surface area (Å²) in [5, 5.41) is 7.59. The van der Waals surface area contributed by atoms with Gasteiger partial charge in [0, 0.05) is 32.7 Å². The summed E-state index contributed by atoms with van der Waals surface area (Å²) in [6.07, 6.45) is 0. The van der Waals surface area contributed by atoms with Gasteiger partial charge in [0.2, 0.25) is 0 Å². The molecule has 2 aromatic heterocycles. The molecule has 9 aromatic rings. The zero-order valence-corrected chi connectivity index (χ0v) is 26.9. The van der Waals surface area contributed by atoms with Crippen LogP contribution in [0.3, 0.4) is 0 Å². The maximum atomic E-state index is 5.48. The number of fused-ring (bicyclic) bond motifs is 8. The molecule has 2 nitrogen and oxygen atoms in total. The third-order valence-corrected chi connectivity index (χ3v) is 10.5. The minimum atomic E-state index is -0.113. The molecule has 226 valence electrons. The van der Waals surface area contributed by atoms with Crippen molar-refractivity contribution in [3.63, 3.8) is 0 Å². The van der Waals surface area contributed by atoms with E-state index in [1.165, 1.54) is 71.2 Å². The Labute approximate surface area is 279 Å². The van der Waals surface area contributed by atoms with E-state index in [-0.39, 0.29) is 5.41 Å². The molecule has 0 fully saturated rings. The van der Waals surface area contributed by atoms with Crippen LogP contribution in [0.4, 0.5) is 0 Å². The predicted molar refractivity (Wildman–Crippen MR) is 202 cm³/mol. The molecule has 2 heteroatoms. The molecule has 0 N–H and O–H groups in total. The summed E-state index contributed by atoms with van der Waals surface area (Å²) in [6, 6.07) is 57.4. The molecule has 7 aromatic carbocycles. The van der Waals surface area contributed by atoms with E-state index in [1.807, 2.05) is 0 Å². The molecule has 0 aliphatic heterocycles. The van der Waals surface area contributed by atoms with Crippen molar-refractivity contribution in [2.24, 2.45) is 0 Å². The van der Waals surface area contributed by atoms with E-state index >= 15 is 0 Å². The Kier molecular flexibility index (Phi) is 5.66. The topological polar surface area (TPSA) is 17.8 Å². The molecule has 0 amide bonds. The minimum Gasteiger partial charge on any atom is -0.293 e. The Balaban J connectivity index is 1.43. The average molecular weight is 613 g/mol. The number of aromatic nitrogens is 2. The molecule has 0 atom stereocenters. The van der Waals surface area contributed by atoms with Crippen LogP contribution in [0.1, 0.15) is 25.0 Å². The summed E-state index contributed by atoms with van der Waals surface area (Å²) < 4.78 is 2.44. The number of rotatable bonds is 3. The highest BCUT2D eigenvalue weighted by molar-refractivity contribution is 6.28. The van der Waals surface area contributed by atoms with Crippen LogP contribution in [0, 0.1) is 0 Å². The first-order valence-corrected chi connectivity index (χ1v) is 16.7. The van der Waals surface area contributed by atoms with E-state index < -0.39 is 0 Å². The van der Waals surface area contributed by atoms with E-state index in [0.717, 1.165) is 22.6 Å². The first kappa shape index (κ1) is 27.2. The van der Waals surface area contributed by atoms with E-state index in [9.17, 15) is 0 Å². The van der Waals surface area contributed by atoms with Crippen LogP contribution in [0.2, 0.25) is 0 Å². The molecule has 10 rings (SSSR count). The molecule has 0 saturated heterocycles. The van der Waals surface area contributed by atoms with Crippen molar-refractivity contribution in [1.82, 2.24) is 9.55 Å². The SMILES string of the molecule is CC1(C)c2ccccc2-c2c3c1cccc3cc1c2c2ccc3ccccc3c2n1-c1cc(-c2ccccc2)cc(-c2ccccc2)n1. The number of nitrogens with zero attached hydrogens (tertiary/aromatic N) is 2. The smallest absolute Gasteiger partial charge is 0.138 e. The molecule has 48 heavy (non-hydrogen) atoms. The van der Waals surface area contributed by atoms with E-state index in [1.54, 1.807) is 0 Å². The Morgan fingerprint density at radius 2 is 1.19 bits per heavy atom. The van der Waals surface area contributed by atoms with Crippen LogP contribution in [0.15, 0.2) is 158 Å². The lowest BCUT2D eigenvalue weighted by atomic mass is 9.68. The van der Waals surface area contributed by atoms with Crippen LogP contribution in [0.25, 0.3) is 82.7 Å². The van der Waals surface area contributed by atoms with Gasteiger partial charge in [0.1, 0.15) is 5.82 Å². The van der Waals surface area contributed by atoms with Gasteiger partial charge in [-0.1, -0.05) is 153 Å². The van der Waals surface area contributed by atoms with Crippen LogP contribution in [-0.2, 0) is 5.41 Å².